The number of aromatic nitrogens is 1. The summed E-state index contributed by atoms with van der Waals surface area (Å²) in [5.74, 6) is 0.790. The minimum atomic E-state index is -0.499. The molecule has 3 aliphatic heterocycles. The van der Waals surface area contributed by atoms with E-state index >= 15 is 0 Å². The van der Waals surface area contributed by atoms with Crippen LogP contribution in [0.4, 0.5) is 26.8 Å². The molecule has 178 valence electrons. The molecule has 0 radical (unpaired) electrons. The fraction of sp³-hybridized carbons (Fsp3) is 0.417. The van der Waals surface area contributed by atoms with Gasteiger partial charge in [0.25, 0.3) is 5.91 Å². The summed E-state index contributed by atoms with van der Waals surface area (Å²) in [6.45, 7) is 7.81. The van der Waals surface area contributed by atoms with Gasteiger partial charge in [-0.15, -0.1) is 0 Å². The Labute approximate surface area is 197 Å². The summed E-state index contributed by atoms with van der Waals surface area (Å²) in [5.41, 5.74) is 3.68. The molecule has 2 aromatic rings. The number of hydrogen-bond acceptors (Lipinski definition) is 7. The number of carbonyl (C=O) groups is 3. The van der Waals surface area contributed by atoms with Gasteiger partial charge in [0.2, 0.25) is 0 Å². The molecule has 0 atom stereocenters. The highest BCUT2D eigenvalue weighted by molar-refractivity contribution is 6.05. The summed E-state index contributed by atoms with van der Waals surface area (Å²) in [4.78, 5) is 49.4. The van der Waals surface area contributed by atoms with Crippen LogP contribution in [0.5, 0.6) is 0 Å². The lowest BCUT2D eigenvalue weighted by Crippen LogP contribution is -2.49. The smallest absolute Gasteiger partial charge is 0.414 e. The second-order valence-electron chi connectivity index (χ2n) is 8.67. The molecule has 0 N–H and O–H groups in total. The Bertz CT molecular complexity index is 1140. The van der Waals surface area contributed by atoms with Gasteiger partial charge in [0.15, 0.2) is 0 Å². The highest BCUT2D eigenvalue weighted by Gasteiger charge is 2.32. The van der Waals surface area contributed by atoms with E-state index in [0.29, 0.717) is 62.8 Å². The van der Waals surface area contributed by atoms with Gasteiger partial charge >= 0.3 is 12.2 Å². The number of rotatable bonds is 4. The molecule has 0 unspecified atom stereocenters. The lowest BCUT2D eigenvalue weighted by molar-refractivity contribution is 0.0747. The van der Waals surface area contributed by atoms with Crippen LogP contribution in [0.25, 0.3) is 0 Å². The third kappa shape index (κ3) is 4.00. The Morgan fingerprint density at radius 1 is 0.882 bits per heavy atom. The average molecular weight is 466 g/mol. The summed E-state index contributed by atoms with van der Waals surface area (Å²) in [6, 6.07) is 7.21. The van der Waals surface area contributed by atoms with Crippen LogP contribution < -0.4 is 14.7 Å². The number of nitrogens with zero attached hydrogens (tertiary/aromatic N) is 5. The van der Waals surface area contributed by atoms with Gasteiger partial charge in [-0.25, -0.2) is 14.6 Å². The van der Waals surface area contributed by atoms with E-state index in [1.165, 1.54) is 9.80 Å². The van der Waals surface area contributed by atoms with E-state index in [1.54, 1.807) is 23.1 Å². The molecule has 3 aliphatic rings. The standard InChI is InChI=1S/C24H27N5O5/c1-16-13-17(2)21(25-15-16)26-5-7-27(8-6-26)22(30)19-4-3-18(28-9-11-33-23(28)31)14-20(19)29-10-12-34-24(29)32/h3-4,13-15H,5-12H2,1-2H3. The number of carbonyl (C=O) groups excluding carboxylic acids is 3. The summed E-state index contributed by atoms with van der Waals surface area (Å²) >= 11 is 0. The van der Waals surface area contributed by atoms with E-state index in [1.807, 2.05) is 20.0 Å². The molecule has 0 saturated carbocycles. The molecule has 0 aliphatic carbocycles. The Kier molecular flexibility index (Phi) is 5.72. The normalized spacial score (nSPS) is 18.4. The van der Waals surface area contributed by atoms with Gasteiger partial charge in [0.05, 0.1) is 24.3 Å². The second-order valence-corrected chi connectivity index (χ2v) is 8.67. The lowest BCUT2D eigenvalue weighted by atomic mass is 10.1. The Hall–Kier alpha value is -3.82. The SMILES string of the molecule is Cc1cnc(N2CCN(C(=O)c3ccc(N4CCOC4=O)cc3N3CCOC3=O)CC2)c(C)c1. The predicted molar refractivity (Wildman–Crippen MR) is 126 cm³/mol. The Morgan fingerprint density at radius 3 is 2.18 bits per heavy atom. The van der Waals surface area contributed by atoms with Crippen LogP contribution in [0.15, 0.2) is 30.5 Å². The van der Waals surface area contributed by atoms with Crippen molar-refractivity contribution in [1.29, 1.82) is 0 Å². The first-order valence-electron chi connectivity index (χ1n) is 11.4. The van der Waals surface area contributed by atoms with E-state index in [4.69, 9.17) is 9.47 Å². The molecule has 1 aromatic carbocycles. The molecule has 0 spiro atoms. The molecule has 1 aromatic heterocycles. The van der Waals surface area contributed by atoms with Crippen LogP contribution in [-0.2, 0) is 9.47 Å². The number of cyclic esters (lactones) is 2. The second kappa shape index (κ2) is 8.85. The number of hydrogen-bond donors (Lipinski definition) is 0. The molecule has 4 heterocycles. The molecule has 0 bridgehead atoms. The van der Waals surface area contributed by atoms with Crippen molar-refractivity contribution in [3.8, 4) is 0 Å². The van der Waals surface area contributed by atoms with Crippen LogP contribution in [0.2, 0.25) is 0 Å². The molecule has 3 saturated heterocycles. The van der Waals surface area contributed by atoms with Crippen LogP contribution in [0, 0.1) is 13.8 Å². The van der Waals surface area contributed by atoms with Crippen molar-refractivity contribution in [2.24, 2.45) is 0 Å². The molecule has 5 rings (SSSR count). The van der Waals surface area contributed by atoms with Crippen LogP contribution in [0.1, 0.15) is 21.5 Å². The predicted octanol–water partition coefficient (Wildman–Crippen LogP) is 2.57. The van der Waals surface area contributed by atoms with Crippen LogP contribution >= 0.6 is 0 Å². The lowest BCUT2D eigenvalue weighted by Gasteiger charge is -2.36. The van der Waals surface area contributed by atoms with E-state index in [2.05, 4.69) is 16.0 Å². The van der Waals surface area contributed by atoms with E-state index in [9.17, 15) is 14.4 Å². The third-order valence-corrected chi connectivity index (χ3v) is 6.39. The summed E-state index contributed by atoms with van der Waals surface area (Å²) < 4.78 is 10.1. The van der Waals surface area contributed by atoms with Gasteiger partial charge in [0, 0.05) is 38.1 Å². The number of anilines is 3. The van der Waals surface area contributed by atoms with E-state index < -0.39 is 12.2 Å². The fourth-order valence-corrected chi connectivity index (χ4v) is 4.66. The molecule has 3 amide bonds. The van der Waals surface area contributed by atoms with Gasteiger partial charge in [0.1, 0.15) is 19.0 Å². The van der Waals surface area contributed by atoms with Gasteiger partial charge in [-0.1, -0.05) is 6.07 Å². The van der Waals surface area contributed by atoms with E-state index in [-0.39, 0.29) is 12.5 Å². The van der Waals surface area contributed by atoms with Gasteiger partial charge in [-0.2, -0.15) is 0 Å². The number of piperazine rings is 1. The molecular formula is C24H27N5O5. The zero-order valence-electron chi connectivity index (χ0n) is 19.3. The molecule has 10 nitrogen and oxygen atoms in total. The van der Waals surface area contributed by atoms with Crippen LogP contribution in [0.3, 0.4) is 0 Å². The first-order valence-corrected chi connectivity index (χ1v) is 11.4. The molecule has 10 heteroatoms. The van der Waals surface area contributed by atoms with Crippen molar-refractivity contribution in [3.63, 3.8) is 0 Å². The average Bonchev–Trinajstić information content (AvgIpc) is 3.46. The largest absolute Gasteiger partial charge is 0.447 e. The summed E-state index contributed by atoms with van der Waals surface area (Å²) in [5, 5.41) is 0. The maximum Gasteiger partial charge on any atom is 0.414 e. The Morgan fingerprint density at radius 2 is 1.56 bits per heavy atom. The fourth-order valence-electron chi connectivity index (χ4n) is 4.66. The van der Waals surface area contributed by atoms with Crippen molar-refractivity contribution in [2.75, 3.05) is 67.2 Å². The Balaban J connectivity index is 1.38. The minimum absolute atomic E-state index is 0.154. The zero-order chi connectivity index (χ0) is 23.8. The van der Waals surface area contributed by atoms with Crippen molar-refractivity contribution in [1.82, 2.24) is 9.88 Å². The first-order chi connectivity index (χ1) is 16.4. The number of amides is 3. The van der Waals surface area contributed by atoms with Gasteiger partial charge < -0.3 is 19.3 Å². The topological polar surface area (TPSA) is 95.5 Å². The van der Waals surface area contributed by atoms with Crippen molar-refractivity contribution in [2.45, 2.75) is 13.8 Å². The number of pyridine rings is 1. The minimum Gasteiger partial charge on any atom is -0.447 e. The molecule has 3 fully saturated rings. The van der Waals surface area contributed by atoms with Crippen LogP contribution in [-0.4, -0.2) is 80.5 Å². The monoisotopic (exact) mass is 465 g/mol. The van der Waals surface area contributed by atoms with Gasteiger partial charge in [-0.3, -0.25) is 14.6 Å². The number of ether oxygens (including phenoxy) is 2. The maximum atomic E-state index is 13.5. The first kappa shape index (κ1) is 22.0. The van der Waals surface area contributed by atoms with Crippen molar-refractivity contribution >= 4 is 35.3 Å². The van der Waals surface area contributed by atoms with E-state index in [0.717, 1.165) is 16.9 Å². The highest BCUT2D eigenvalue weighted by atomic mass is 16.6. The van der Waals surface area contributed by atoms with Gasteiger partial charge in [-0.05, 0) is 43.2 Å². The summed E-state index contributed by atoms with van der Waals surface area (Å²) in [7, 11) is 0. The van der Waals surface area contributed by atoms with Crippen molar-refractivity contribution < 1.29 is 23.9 Å². The molecule has 34 heavy (non-hydrogen) atoms. The zero-order valence-corrected chi connectivity index (χ0v) is 19.3. The highest BCUT2D eigenvalue weighted by Crippen LogP contribution is 2.32. The number of benzene rings is 1. The molecular weight excluding hydrogens is 438 g/mol. The quantitative estimate of drug-likeness (QED) is 0.685. The van der Waals surface area contributed by atoms with Crippen molar-refractivity contribution in [3.05, 3.63) is 47.2 Å². The number of aryl methyl sites for hydroxylation is 2. The third-order valence-electron chi connectivity index (χ3n) is 6.39. The summed E-state index contributed by atoms with van der Waals surface area (Å²) in [6.07, 6.45) is 0.921. The maximum absolute atomic E-state index is 13.5.